The van der Waals surface area contributed by atoms with Gasteiger partial charge in [-0.25, -0.2) is 0 Å². The van der Waals surface area contributed by atoms with E-state index in [1.54, 1.807) is 0 Å². The average molecular weight is 417 g/mol. The molecule has 0 fully saturated rings. The predicted octanol–water partition coefficient (Wildman–Crippen LogP) is 6.73. The van der Waals surface area contributed by atoms with E-state index >= 15 is 0 Å². The highest BCUT2D eigenvalue weighted by Gasteiger charge is 2.45. The van der Waals surface area contributed by atoms with Gasteiger partial charge in [0.2, 0.25) is 0 Å². The standard InChI is InChI=1S/C27H32N2O2/c1-4-7-8-15-27(26(30)31,22-16-28-24-18(5-2)11-9-13-20(22)24)23-17-29-25-19(6-3)12-10-14-21(23)25/h9-14,16-17,28-29H,4-8,15H2,1-3H3,(H,30,31). The number of aliphatic carboxylic acids is 1. The molecule has 0 radical (unpaired) electrons. The van der Waals surface area contributed by atoms with Crippen molar-refractivity contribution in [2.45, 2.75) is 64.7 Å². The highest BCUT2D eigenvalue weighted by Crippen LogP contribution is 2.45. The lowest BCUT2D eigenvalue weighted by Gasteiger charge is -2.30. The molecule has 2 aromatic carbocycles. The Morgan fingerprint density at radius 1 is 0.839 bits per heavy atom. The molecule has 4 aromatic rings. The van der Waals surface area contributed by atoms with Gasteiger partial charge in [-0.15, -0.1) is 0 Å². The summed E-state index contributed by atoms with van der Waals surface area (Å²) < 4.78 is 0. The van der Waals surface area contributed by atoms with Crippen LogP contribution in [0.4, 0.5) is 0 Å². The summed E-state index contributed by atoms with van der Waals surface area (Å²) in [5, 5.41) is 12.8. The Morgan fingerprint density at radius 3 is 1.77 bits per heavy atom. The highest BCUT2D eigenvalue weighted by molar-refractivity contribution is 6.00. The van der Waals surface area contributed by atoms with Crippen molar-refractivity contribution in [1.29, 1.82) is 0 Å². The fourth-order valence-electron chi connectivity index (χ4n) is 5.12. The number of hydrogen-bond donors (Lipinski definition) is 3. The molecule has 0 bridgehead atoms. The van der Waals surface area contributed by atoms with Gasteiger partial charge < -0.3 is 15.1 Å². The highest BCUT2D eigenvalue weighted by atomic mass is 16.4. The van der Waals surface area contributed by atoms with Gasteiger partial charge in [0.15, 0.2) is 0 Å². The third-order valence-corrected chi connectivity index (χ3v) is 6.81. The van der Waals surface area contributed by atoms with Crippen molar-refractivity contribution in [2.75, 3.05) is 0 Å². The number of carbonyl (C=O) groups is 1. The van der Waals surface area contributed by atoms with Gasteiger partial charge in [0, 0.05) is 34.2 Å². The van der Waals surface area contributed by atoms with Crippen molar-refractivity contribution in [3.63, 3.8) is 0 Å². The number of carboxylic acid groups (broad SMARTS) is 1. The monoisotopic (exact) mass is 416 g/mol. The largest absolute Gasteiger partial charge is 0.480 e. The van der Waals surface area contributed by atoms with E-state index in [0.29, 0.717) is 6.42 Å². The number of H-pyrrole nitrogens is 2. The fraction of sp³-hybridized carbons (Fsp3) is 0.370. The zero-order valence-electron chi connectivity index (χ0n) is 18.7. The summed E-state index contributed by atoms with van der Waals surface area (Å²) in [6.45, 7) is 6.42. The summed E-state index contributed by atoms with van der Waals surface area (Å²) in [5.74, 6) is -0.783. The molecule has 2 aromatic heterocycles. The fourth-order valence-corrected chi connectivity index (χ4v) is 5.12. The molecule has 0 amide bonds. The Morgan fingerprint density at radius 2 is 1.35 bits per heavy atom. The molecule has 4 nitrogen and oxygen atoms in total. The molecule has 0 atom stereocenters. The normalized spacial score (nSPS) is 12.1. The number of fused-ring (bicyclic) bond motifs is 2. The van der Waals surface area contributed by atoms with Crippen molar-refractivity contribution in [3.05, 3.63) is 71.0 Å². The Balaban J connectivity index is 2.03. The SMILES string of the molecule is CCCCCC(C(=O)O)(c1c[nH]c2c(CC)cccc12)c1c[nH]c2c(CC)cccc12. The van der Waals surface area contributed by atoms with E-state index in [9.17, 15) is 9.90 Å². The molecule has 4 rings (SSSR count). The number of unbranched alkanes of at least 4 members (excludes halogenated alkanes) is 2. The minimum absolute atomic E-state index is 0.572. The number of aromatic amines is 2. The third kappa shape index (κ3) is 3.34. The van der Waals surface area contributed by atoms with Crippen LogP contribution in [0.5, 0.6) is 0 Å². The predicted molar refractivity (Wildman–Crippen MR) is 128 cm³/mol. The Hall–Kier alpha value is -3.01. The van der Waals surface area contributed by atoms with Crippen LogP contribution in [0, 0.1) is 0 Å². The van der Waals surface area contributed by atoms with E-state index in [1.165, 1.54) is 11.1 Å². The summed E-state index contributed by atoms with van der Waals surface area (Å²) in [6.07, 6.45) is 9.18. The maximum absolute atomic E-state index is 13.2. The molecule has 162 valence electrons. The molecule has 0 saturated heterocycles. The van der Waals surface area contributed by atoms with E-state index in [-0.39, 0.29) is 0 Å². The molecular formula is C27H32N2O2. The summed E-state index contributed by atoms with van der Waals surface area (Å²) in [6, 6.07) is 12.4. The molecule has 0 unspecified atom stereocenters. The minimum atomic E-state index is -1.11. The van der Waals surface area contributed by atoms with Gasteiger partial charge >= 0.3 is 5.97 Å². The summed E-state index contributed by atoms with van der Waals surface area (Å²) in [7, 11) is 0. The molecule has 4 heteroatoms. The first-order chi connectivity index (χ1) is 15.1. The van der Waals surface area contributed by atoms with E-state index < -0.39 is 11.4 Å². The number of rotatable bonds is 9. The molecule has 3 N–H and O–H groups in total. The number of para-hydroxylation sites is 2. The molecule has 0 saturated carbocycles. The number of nitrogens with one attached hydrogen (secondary N) is 2. The molecule has 2 heterocycles. The van der Waals surface area contributed by atoms with Gasteiger partial charge in [0.1, 0.15) is 5.41 Å². The van der Waals surface area contributed by atoms with Crippen LogP contribution in [0.2, 0.25) is 0 Å². The lowest BCUT2D eigenvalue weighted by atomic mass is 9.70. The lowest BCUT2D eigenvalue weighted by molar-refractivity contribution is -0.142. The van der Waals surface area contributed by atoms with Crippen LogP contribution >= 0.6 is 0 Å². The first-order valence-electron chi connectivity index (χ1n) is 11.5. The van der Waals surface area contributed by atoms with E-state index in [0.717, 1.165) is 65.0 Å². The van der Waals surface area contributed by atoms with Gasteiger partial charge in [-0.3, -0.25) is 4.79 Å². The first-order valence-corrected chi connectivity index (χ1v) is 11.5. The van der Waals surface area contributed by atoms with Crippen molar-refractivity contribution >= 4 is 27.8 Å². The van der Waals surface area contributed by atoms with E-state index in [4.69, 9.17) is 0 Å². The zero-order valence-corrected chi connectivity index (χ0v) is 18.7. The van der Waals surface area contributed by atoms with Crippen molar-refractivity contribution in [1.82, 2.24) is 9.97 Å². The molecule has 0 aliphatic carbocycles. The third-order valence-electron chi connectivity index (χ3n) is 6.81. The Kier molecular flexibility index (Phi) is 5.90. The summed E-state index contributed by atoms with van der Waals surface area (Å²) in [4.78, 5) is 20.0. The number of carboxylic acids is 1. The topological polar surface area (TPSA) is 68.9 Å². The van der Waals surface area contributed by atoms with Crippen molar-refractivity contribution in [3.8, 4) is 0 Å². The van der Waals surface area contributed by atoms with Crippen LogP contribution in [-0.4, -0.2) is 21.0 Å². The van der Waals surface area contributed by atoms with Crippen molar-refractivity contribution in [2.24, 2.45) is 0 Å². The van der Waals surface area contributed by atoms with Crippen LogP contribution in [0.15, 0.2) is 48.8 Å². The van der Waals surface area contributed by atoms with Crippen LogP contribution < -0.4 is 0 Å². The molecule has 0 aliphatic heterocycles. The number of aromatic nitrogens is 2. The second-order valence-corrected chi connectivity index (χ2v) is 8.46. The molecule has 0 aliphatic rings. The van der Waals surface area contributed by atoms with Crippen LogP contribution in [-0.2, 0) is 23.1 Å². The summed E-state index contributed by atoms with van der Waals surface area (Å²) >= 11 is 0. The van der Waals surface area contributed by atoms with Gasteiger partial charge in [-0.2, -0.15) is 0 Å². The van der Waals surface area contributed by atoms with Crippen LogP contribution in [0.3, 0.4) is 0 Å². The quantitative estimate of drug-likeness (QED) is 0.265. The van der Waals surface area contributed by atoms with E-state index in [1.807, 2.05) is 24.5 Å². The van der Waals surface area contributed by atoms with Gasteiger partial charge in [-0.1, -0.05) is 76.4 Å². The Labute approximate surface area is 183 Å². The second-order valence-electron chi connectivity index (χ2n) is 8.46. The van der Waals surface area contributed by atoms with Gasteiger partial charge in [0.05, 0.1) is 0 Å². The van der Waals surface area contributed by atoms with Crippen molar-refractivity contribution < 1.29 is 9.90 Å². The van der Waals surface area contributed by atoms with Gasteiger partial charge in [-0.05, 0) is 41.5 Å². The molecule has 31 heavy (non-hydrogen) atoms. The average Bonchev–Trinajstić information content (AvgIpc) is 3.41. The van der Waals surface area contributed by atoms with Gasteiger partial charge in [0.25, 0.3) is 0 Å². The maximum Gasteiger partial charge on any atom is 0.318 e. The lowest BCUT2D eigenvalue weighted by Crippen LogP contribution is -2.37. The zero-order chi connectivity index (χ0) is 22.0. The smallest absolute Gasteiger partial charge is 0.318 e. The van der Waals surface area contributed by atoms with E-state index in [2.05, 4.69) is 55.0 Å². The maximum atomic E-state index is 13.2. The first kappa shape index (κ1) is 21.2. The number of hydrogen-bond acceptors (Lipinski definition) is 1. The molecular weight excluding hydrogens is 384 g/mol. The minimum Gasteiger partial charge on any atom is -0.480 e. The Bertz CT molecular complexity index is 1130. The van der Waals surface area contributed by atoms with Crippen LogP contribution in [0.1, 0.15) is 68.7 Å². The second kappa shape index (κ2) is 8.62. The molecule has 0 spiro atoms. The number of benzene rings is 2. The number of aryl methyl sites for hydroxylation is 2. The summed E-state index contributed by atoms with van der Waals surface area (Å²) in [5.41, 5.74) is 5.15. The van der Waals surface area contributed by atoms with Crippen LogP contribution in [0.25, 0.3) is 21.8 Å².